The highest BCUT2D eigenvalue weighted by atomic mass is 35.5. The van der Waals surface area contributed by atoms with Crippen molar-refractivity contribution in [1.29, 1.82) is 0 Å². The minimum atomic E-state index is 0.305. The fourth-order valence-electron chi connectivity index (χ4n) is 3.69. The van der Waals surface area contributed by atoms with Crippen molar-refractivity contribution in [3.63, 3.8) is 0 Å². The zero-order valence-electron chi connectivity index (χ0n) is 15.4. The molecule has 0 bridgehead atoms. The predicted molar refractivity (Wildman–Crippen MR) is 108 cm³/mol. The van der Waals surface area contributed by atoms with Gasteiger partial charge in [-0.1, -0.05) is 23.7 Å². The molecule has 1 fully saturated rings. The van der Waals surface area contributed by atoms with Crippen LogP contribution in [0, 0.1) is 6.92 Å². The van der Waals surface area contributed by atoms with Gasteiger partial charge < -0.3 is 14.3 Å². The van der Waals surface area contributed by atoms with Gasteiger partial charge in [-0.05, 0) is 31.0 Å². The maximum atomic E-state index is 6.43. The lowest BCUT2D eigenvalue weighted by Crippen LogP contribution is -2.33. The number of rotatable bonds is 3. The second kappa shape index (κ2) is 6.91. The van der Waals surface area contributed by atoms with Gasteiger partial charge in [-0.25, -0.2) is 9.97 Å². The molecule has 3 aromatic heterocycles. The van der Waals surface area contributed by atoms with Crippen molar-refractivity contribution in [3.8, 4) is 11.4 Å². The minimum absolute atomic E-state index is 0.305. The highest BCUT2D eigenvalue weighted by molar-refractivity contribution is 6.33. The fourth-order valence-corrected chi connectivity index (χ4v) is 3.89. The SMILES string of the molecule is Cc1nnc(C2CCN(c3cc(-c4nc5ccccc5[nH]4)c(Cl)cn3)CC2)o1. The van der Waals surface area contributed by atoms with E-state index < -0.39 is 0 Å². The number of hydrogen-bond acceptors (Lipinski definition) is 6. The zero-order chi connectivity index (χ0) is 19.1. The standard InChI is InChI=1S/C20H19ClN6O/c1-12-25-26-20(28-12)13-6-8-27(9-7-13)18-10-14(15(21)11-22-18)19-23-16-4-2-3-5-17(16)24-19/h2-5,10-11,13H,6-9H2,1H3,(H,23,24). The van der Waals surface area contributed by atoms with Crippen LogP contribution in [0.5, 0.6) is 0 Å². The van der Waals surface area contributed by atoms with E-state index in [9.17, 15) is 0 Å². The van der Waals surface area contributed by atoms with Crippen LogP contribution in [0.25, 0.3) is 22.4 Å². The number of piperidine rings is 1. The van der Waals surface area contributed by atoms with Crippen LogP contribution in [0.3, 0.4) is 0 Å². The van der Waals surface area contributed by atoms with Crippen molar-refractivity contribution in [3.05, 3.63) is 53.3 Å². The third-order valence-corrected chi connectivity index (χ3v) is 5.50. The summed E-state index contributed by atoms with van der Waals surface area (Å²) in [6.07, 6.45) is 3.60. The lowest BCUT2D eigenvalue weighted by atomic mass is 9.97. The van der Waals surface area contributed by atoms with Crippen LogP contribution in [0.4, 0.5) is 5.82 Å². The summed E-state index contributed by atoms with van der Waals surface area (Å²) in [5.74, 6) is 3.32. The smallest absolute Gasteiger partial charge is 0.219 e. The Kier molecular flexibility index (Phi) is 4.24. The van der Waals surface area contributed by atoms with Crippen LogP contribution >= 0.6 is 11.6 Å². The molecule has 5 rings (SSSR count). The van der Waals surface area contributed by atoms with E-state index >= 15 is 0 Å². The van der Waals surface area contributed by atoms with Gasteiger partial charge >= 0.3 is 0 Å². The Labute approximate surface area is 166 Å². The average Bonchev–Trinajstić information content (AvgIpc) is 3.34. The van der Waals surface area contributed by atoms with Gasteiger partial charge in [0.05, 0.1) is 16.1 Å². The van der Waals surface area contributed by atoms with Crippen molar-refractivity contribution in [2.75, 3.05) is 18.0 Å². The number of fused-ring (bicyclic) bond motifs is 1. The van der Waals surface area contributed by atoms with Crippen LogP contribution in [-0.4, -0.2) is 38.2 Å². The number of imidazole rings is 1. The molecule has 1 aliphatic rings. The molecule has 8 heteroatoms. The summed E-state index contributed by atoms with van der Waals surface area (Å²) >= 11 is 6.43. The van der Waals surface area contributed by atoms with Crippen molar-refractivity contribution < 1.29 is 4.42 Å². The van der Waals surface area contributed by atoms with Crippen LogP contribution in [0.15, 0.2) is 40.9 Å². The molecule has 1 N–H and O–H groups in total. The predicted octanol–water partition coefficient (Wildman–Crippen LogP) is 4.35. The molecule has 1 saturated heterocycles. The lowest BCUT2D eigenvalue weighted by molar-refractivity contribution is 0.382. The molecule has 0 aliphatic carbocycles. The van der Waals surface area contributed by atoms with Gasteiger partial charge in [-0.2, -0.15) is 0 Å². The third kappa shape index (κ3) is 3.11. The quantitative estimate of drug-likeness (QED) is 0.556. The van der Waals surface area contributed by atoms with E-state index in [2.05, 4.69) is 30.0 Å². The summed E-state index contributed by atoms with van der Waals surface area (Å²) in [6, 6.07) is 9.96. The number of para-hydroxylation sites is 2. The third-order valence-electron chi connectivity index (χ3n) is 5.20. The first-order valence-corrected chi connectivity index (χ1v) is 9.71. The van der Waals surface area contributed by atoms with Crippen molar-refractivity contribution in [2.24, 2.45) is 0 Å². The number of anilines is 1. The normalized spacial score (nSPS) is 15.4. The van der Waals surface area contributed by atoms with Crippen LogP contribution in [0.2, 0.25) is 5.02 Å². The van der Waals surface area contributed by atoms with E-state index in [1.807, 2.05) is 37.3 Å². The summed E-state index contributed by atoms with van der Waals surface area (Å²) in [5, 5.41) is 8.70. The van der Waals surface area contributed by atoms with Gasteiger partial charge in [-0.3, -0.25) is 0 Å². The summed E-state index contributed by atoms with van der Waals surface area (Å²) in [4.78, 5) is 14.8. The molecule has 1 aliphatic heterocycles. The second-order valence-corrected chi connectivity index (χ2v) is 7.45. The molecular weight excluding hydrogens is 376 g/mol. The van der Waals surface area contributed by atoms with E-state index in [0.717, 1.165) is 60.1 Å². The lowest BCUT2D eigenvalue weighted by Gasteiger charge is -2.31. The Morgan fingerprint density at radius 3 is 2.75 bits per heavy atom. The maximum absolute atomic E-state index is 6.43. The largest absolute Gasteiger partial charge is 0.425 e. The van der Waals surface area contributed by atoms with E-state index in [-0.39, 0.29) is 0 Å². The monoisotopic (exact) mass is 394 g/mol. The first-order chi connectivity index (χ1) is 13.7. The number of H-pyrrole nitrogens is 1. The molecule has 0 amide bonds. The Balaban J connectivity index is 1.39. The molecule has 0 saturated carbocycles. The number of aromatic amines is 1. The molecule has 7 nitrogen and oxygen atoms in total. The van der Waals surface area contributed by atoms with Gasteiger partial charge in [0.15, 0.2) is 0 Å². The van der Waals surface area contributed by atoms with Crippen molar-refractivity contribution >= 4 is 28.5 Å². The summed E-state index contributed by atoms with van der Waals surface area (Å²) < 4.78 is 5.60. The average molecular weight is 395 g/mol. The first kappa shape index (κ1) is 17.2. The topological polar surface area (TPSA) is 83.7 Å². The summed E-state index contributed by atoms with van der Waals surface area (Å²) in [7, 11) is 0. The number of nitrogens with zero attached hydrogens (tertiary/aromatic N) is 5. The van der Waals surface area contributed by atoms with Crippen molar-refractivity contribution in [2.45, 2.75) is 25.7 Å². The van der Waals surface area contributed by atoms with Crippen LogP contribution in [-0.2, 0) is 0 Å². The molecule has 142 valence electrons. The molecule has 0 radical (unpaired) electrons. The van der Waals surface area contributed by atoms with Gasteiger partial charge in [0, 0.05) is 37.7 Å². The molecule has 0 atom stereocenters. The fraction of sp³-hybridized carbons (Fsp3) is 0.300. The van der Waals surface area contributed by atoms with Crippen LogP contribution in [0.1, 0.15) is 30.5 Å². The number of aromatic nitrogens is 5. The molecule has 0 unspecified atom stereocenters. The van der Waals surface area contributed by atoms with E-state index in [1.54, 1.807) is 6.20 Å². The minimum Gasteiger partial charge on any atom is -0.425 e. The second-order valence-electron chi connectivity index (χ2n) is 7.05. The number of halogens is 1. The van der Waals surface area contributed by atoms with E-state index in [0.29, 0.717) is 16.8 Å². The number of aryl methyl sites for hydroxylation is 1. The Bertz CT molecular complexity index is 1100. The Hall–Kier alpha value is -2.93. The Morgan fingerprint density at radius 2 is 2.00 bits per heavy atom. The number of benzene rings is 1. The number of nitrogens with one attached hydrogen (secondary N) is 1. The molecule has 28 heavy (non-hydrogen) atoms. The van der Waals surface area contributed by atoms with Crippen molar-refractivity contribution in [1.82, 2.24) is 25.1 Å². The van der Waals surface area contributed by atoms with E-state index in [1.165, 1.54) is 0 Å². The van der Waals surface area contributed by atoms with Gasteiger partial charge in [-0.15, -0.1) is 10.2 Å². The van der Waals surface area contributed by atoms with Gasteiger partial charge in [0.2, 0.25) is 11.8 Å². The van der Waals surface area contributed by atoms with Crippen LogP contribution < -0.4 is 4.90 Å². The van der Waals surface area contributed by atoms with E-state index in [4.69, 9.17) is 16.0 Å². The summed E-state index contributed by atoms with van der Waals surface area (Å²) in [6.45, 7) is 3.57. The molecule has 4 aromatic rings. The zero-order valence-corrected chi connectivity index (χ0v) is 16.1. The highest BCUT2D eigenvalue weighted by Crippen LogP contribution is 2.33. The molecular formula is C20H19ClN6O. The molecule has 1 aromatic carbocycles. The number of pyridine rings is 1. The summed E-state index contributed by atoms with van der Waals surface area (Å²) in [5.41, 5.74) is 2.77. The first-order valence-electron chi connectivity index (χ1n) is 9.33. The highest BCUT2D eigenvalue weighted by Gasteiger charge is 2.26. The number of hydrogen-bond donors (Lipinski definition) is 1. The maximum Gasteiger partial charge on any atom is 0.219 e. The molecule has 4 heterocycles. The van der Waals surface area contributed by atoms with Gasteiger partial charge in [0.1, 0.15) is 11.6 Å². The molecule has 0 spiro atoms. The Morgan fingerprint density at radius 1 is 1.18 bits per heavy atom. The van der Waals surface area contributed by atoms with Gasteiger partial charge in [0.25, 0.3) is 0 Å².